The molecule has 1 fully saturated rings. The minimum Gasteiger partial charge on any atom is -0.507 e. The van der Waals surface area contributed by atoms with Crippen molar-refractivity contribution in [2.24, 2.45) is 0 Å². The van der Waals surface area contributed by atoms with Gasteiger partial charge >= 0.3 is 5.91 Å². The third kappa shape index (κ3) is 8.60. The Morgan fingerprint density at radius 1 is 0.898 bits per heavy atom. The molecule has 1 atom stereocenters. The van der Waals surface area contributed by atoms with E-state index in [0.717, 1.165) is 43.4 Å². The largest absolute Gasteiger partial charge is 0.507 e. The number of carbonyl (C=O) groups is 2. The van der Waals surface area contributed by atoms with Crippen LogP contribution in [-0.4, -0.2) is 46.8 Å². The predicted octanol–water partition coefficient (Wildman–Crippen LogP) is 8.74. The maximum atomic E-state index is 14.3. The van der Waals surface area contributed by atoms with Crippen LogP contribution in [0.4, 0.5) is 9.52 Å². The number of ketones is 1. The number of benzene rings is 3. The summed E-state index contributed by atoms with van der Waals surface area (Å²) in [5, 5.41) is 20.3. The Hall–Kier alpha value is -4.42. The van der Waals surface area contributed by atoms with Crippen LogP contribution >= 0.6 is 23.1 Å². The third-order valence-electron chi connectivity index (χ3n) is 7.84. The van der Waals surface area contributed by atoms with Crippen LogP contribution in [0.2, 0.25) is 0 Å². The lowest BCUT2D eigenvalue weighted by atomic mass is 9.95. The van der Waals surface area contributed by atoms with E-state index in [0.29, 0.717) is 63.9 Å². The lowest BCUT2D eigenvalue weighted by molar-refractivity contribution is -0.132. The Balaban J connectivity index is 1.53. The number of anilines is 1. The summed E-state index contributed by atoms with van der Waals surface area (Å²) in [5.41, 5.74) is 1.27. The van der Waals surface area contributed by atoms with E-state index in [-0.39, 0.29) is 22.3 Å². The van der Waals surface area contributed by atoms with Crippen molar-refractivity contribution in [3.05, 3.63) is 94.8 Å². The molecule has 9 nitrogen and oxygen atoms in total. The molecule has 1 N–H and O–H groups in total. The van der Waals surface area contributed by atoms with Crippen LogP contribution in [0, 0.1) is 5.82 Å². The normalized spacial score (nSPS) is 15.5. The molecule has 1 saturated heterocycles. The second-order valence-corrected chi connectivity index (χ2v) is 13.5. The molecule has 0 radical (unpaired) electrons. The highest BCUT2D eigenvalue weighted by Gasteiger charge is 2.48. The molecule has 258 valence electrons. The fraction of sp³-hybridized carbons (Fsp3) is 0.351. The molecule has 0 bridgehead atoms. The number of ether oxygens (including phenoxy) is 3. The van der Waals surface area contributed by atoms with Gasteiger partial charge in [-0.05, 0) is 73.4 Å². The second kappa shape index (κ2) is 17.3. The van der Waals surface area contributed by atoms with Crippen molar-refractivity contribution in [2.75, 3.05) is 24.7 Å². The number of thioether (sulfide) groups is 1. The summed E-state index contributed by atoms with van der Waals surface area (Å²) < 4.78 is 32.5. The van der Waals surface area contributed by atoms with E-state index in [1.807, 2.05) is 6.92 Å². The van der Waals surface area contributed by atoms with Crippen LogP contribution in [0.5, 0.6) is 17.2 Å². The van der Waals surface area contributed by atoms with Crippen LogP contribution in [0.3, 0.4) is 0 Å². The van der Waals surface area contributed by atoms with E-state index in [1.165, 1.54) is 22.7 Å². The maximum Gasteiger partial charge on any atom is 0.301 e. The van der Waals surface area contributed by atoms with Crippen molar-refractivity contribution < 1.29 is 33.3 Å². The van der Waals surface area contributed by atoms with Gasteiger partial charge in [-0.2, -0.15) is 0 Å². The zero-order valence-corrected chi connectivity index (χ0v) is 29.4. The standard InChI is InChI=1S/C37H40FN3O6S2/c1-4-7-11-21-47-29-19-16-25(22-30(29)45-6-3)32-31(33(42)24-14-17-27(18-15-24)46-20-8-5-2)34(43)35(44)41(32)36-39-40-37(49-36)48-23-26-12-9-10-13-28(26)38/h9-10,12-19,22,32,42H,4-8,11,20-21,23H2,1-3H3/t32-/m0/s1. The Bertz CT molecular complexity index is 1780. The Morgan fingerprint density at radius 2 is 1.65 bits per heavy atom. The second-order valence-electron chi connectivity index (χ2n) is 11.3. The molecule has 0 aliphatic carbocycles. The van der Waals surface area contributed by atoms with E-state index in [1.54, 1.807) is 60.7 Å². The van der Waals surface area contributed by atoms with Crippen molar-refractivity contribution >= 4 is 45.7 Å². The zero-order chi connectivity index (χ0) is 34.8. The number of unbranched alkanes of at least 4 members (excludes halogenated alkanes) is 3. The van der Waals surface area contributed by atoms with Gasteiger partial charge in [0.25, 0.3) is 5.78 Å². The lowest BCUT2D eigenvalue weighted by Gasteiger charge is -2.23. The maximum absolute atomic E-state index is 14.3. The van der Waals surface area contributed by atoms with Gasteiger partial charge in [0.15, 0.2) is 15.8 Å². The first-order valence-electron chi connectivity index (χ1n) is 16.5. The number of halogens is 1. The Kier molecular flexibility index (Phi) is 12.7. The molecule has 0 saturated carbocycles. The average Bonchev–Trinajstić information content (AvgIpc) is 3.68. The van der Waals surface area contributed by atoms with E-state index in [2.05, 4.69) is 24.0 Å². The molecular weight excluding hydrogens is 666 g/mol. The van der Waals surface area contributed by atoms with Gasteiger partial charge in [-0.25, -0.2) is 4.39 Å². The van der Waals surface area contributed by atoms with Crippen molar-refractivity contribution in [3.63, 3.8) is 0 Å². The zero-order valence-electron chi connectivity index (χ0n) is 27.8. The number of aromatic nitrogens is 2. The number of aliphatic hydroxyl groups is 1. The van der Waals surface area contributed by atoms with Gasteiger partial charge in [0, 0.05) is 11.3 Å². The van der Waals surface area contributed by atoms with Gasteiger partial charge in [-0.1, -0.05) is 80.5 Å². The average molecular weight is 706 g/mol. The molecule has 4 aromatic rings. The van der Waals surface area contributed by atoms with Crippen LogP contribution in [-0.2, 0) is 15.3 Å². The summed E-state index contributed by atoms with van der Waals surface area (Å²) in [6, 6.07) is 17.4. The van der Waals surface area contributed by atoms with Gasteiger partial charge in [-0.15, -0.1) is 10.2 Å². The summed E-state index contributed by atoms with van der Waals surface area (Å²) in [7, 11) is 0. The molecule has 0 unspecified atom stereocenters. The molecule has 2 heterocycles. The number of hydrogen-bond donors (Lipinski definition) is 1. The van der Waals surface area contributed by atoms with Gasteiger partial charge in [0.1, 0.15) is 17.3 Å². The Morgan fingerprint density at radius 3 is 2.39 bits per heavy atom. The summed E-state index contributed by atoms with van der Waals surface area (Å²) >= 11 is 2.38. The molecule has 1 aliphatic heterocycles. The minimum atomic E-state index is -1.05. The molecule has 5 rings (SSSR count). The number of aliphatic hydroxyl groups excluding tert-OH is 1. The molecule has 12 heteroatoms. The van der Waals surface area contributed by atoms with Gasteiger partial charge in [0.2, 0.25) is 5.13 Å². The summed E-state index contributed by atoms with van der Waals surface area (Å²) in [4.78, 5) is 28.8. The molecule has 49 heavy (non-hydrogen) atoms. The van der Waals surface area contributed by atoms with Crippen molar-refractivity contribution in [1.29, 1.82) is 0 Å². The van der Waals surface area contributed by atoms with E-state index < -0.39 is 17.7 Å². The van der Waals surface area contributed by atoms with Crippen molar-refractivity contribution in [1.82, 2.24) is 10.2 Å². The van der Waals surface area contributed by atoms with Gasteiger partial charge < -0.3 is 19.3 Å². The van der Waals surface area contributed by atoms with E-state index in [4.69, 9.17) is 14.2 Å². The molecular formula is C37H40FN3O6S2. The highest BCUT2D eigenvalue weighted by molar-refractivity contribution is 8.00. The number of Topliss-reactive ketones (excluding diaryl/α,β-unsaturated/α-hetero) is 1. The van der Waals surface area contributed by atoms with Crippen LogP contribution in [0.1, 0.15) is 75.6 Å². The summed E-state index contributed by atoms with van der Waals surface area (Å²) in [6.07, 6.45) is 4.89. The van der Waals surface area contributed by atoms with E-state index >= 15 is 0 Å². The number of rotatable bonds is 17. The fourth-order valence-corrected chi connectivity index (χ4v) is 7.13. The molecule has 0 spiro atoms. The molecule has 1 aromatic heterocycles. The topological polar surface area (TPSA) is 111 Å². The number of nitrogens with zero attached hydrogens (tertiary/aromatic N) is 3. The highest BCUT2D eigenvalue weighted by Crippen LogP contribution is 2.46. The first-order valence-corrected chi connectivity index (χ1v) is 18.3. The molecule has 3 aromatic carbocycles. The Labute approximate surface area is 294 Å². The summed E-state index contributed by atoms with van der Waals surface area (Å²) in [6.45, 7) is 7.50. The molecule has 1 aliphatic rings. The van der Waals surface area contributed by atoms with Crippen LogP contribution in [0.15, 0.2) is 76.6 Å². The number of carbonyl (C=O) groups excluding carboxylic acids is 2. The first-order chi connectivity index (χ1) is 23.9. The minimum absolute atomic E-state index is 0.0977. The predicted molar refractivity (Wildman–Crippen MR) is 190 cm³/mol. The van der Waals surface area contributed by atoms with Gasteiger partial charge in [0.05, 0.1) is 31.4 Å². The monoisotopic (exact) mass is 705 g/mol. The fourth-order valence-electron chi connectivity index (χ4n) is 5.27. The number of hydrogen-bond acceptors (Lipinski definition) is 10. The van der Waals surface area contributed by atoms with Crippen molar-refractivity contribution in [3.8, 4) is 17.2 Å². The van der Waals surface area contributed by atoms with Gasteiger partial charge in [-0.3, -0.25) is 14.5 Å². The third-order valence-corrected chi connectivity index (χ3v) is 9.94. The summed E-state index contributed by atoms with van der Waals surface area (Å²) in [5.74, 6) is -0.443. The SMILES string of the molecule is CCCCCOc1ccc([C@H]2C(=C(O)c3ccc(OCCCC)cc3)C(=O)C(=O)N2c2nnc(SCc3ccccc3F)s2)cc1OCC. The highest BCUT2D eigenvalue weighted by atomic mass is 32.2. The van der Waals surface area contributed by atoms with Crippen molar-refractivity contribution in [2.45, 2.75) is 69.0 Å². The molecule has 1 amide bonds. The van der Waals surface area contributed by atoms with E-state index in [9.17, 15) is 19.1 Å². The van der Waals surface area contributed by atoms with Crippen LogP contribution in [0.25, 0.3) is 5.76 Å². The quantitative estimate of drug-likeness (QED) is 0.0288. The number of amides is 1. The first kappa shape index (κ1) is 35.9. The van der Waals surface area contributed by atoms with Crippen LogP contribution < -0.4 is 19.1 Å². The lowest BCUT2D eigenvalue weighted by Crippen LogP contribution is -2.29. The smallest absolute Gasteiger partial charge is 0.301 e.